The molecule has 0 spiro atoms. The van der Waals surface area contributed by atoms with Gasteiger partial charge in [0.05, 0.1) is 17.9 Å². The van der Waals surface area contributed by atoms with Crippen LogP contribution >= 0.6 is 0 Å². The number of hydrogen-bond acceptors (Lipinski definition) is 4. The summed E-state index contributed by atoms with van der Waals surface area (Å²) >= 11 is 0. The summed E-state index contributed by atoms with van der Waals surface area (Å²) in [6.07, 6.45) is 2.89. The number of H-pyrrole nitrogens is 1. The van der Waals surface area contributed by atoms with Crippen LogP contribution in [-0.2, 0) is 0 Å². The Labute approximate surface area is 72.7 Å². The van der Waals surface area contributed by atoms with Crippen LogP contribution in [0.2, 0.25) is 0 Å². The summed E-state index contributed by atoms with van der Waals surface area (Å²) < 4.78 is 4.80. The first-order chi connectivity index (χ1) is 6.25. The molecule has 0 unspecified atom stereocenters. The molecular weight excluding hydrogens is 172 g/mol. The zero-order chi connectivity index (χ0) is 9.26. The van der Waals surface area contributed by atoms with E-state index in [-0.39, 0.29) is 5.88 Å². The topological polar surface area (TPSA) is 79.1 Å². The van der Waals surface area contributed by atoms with Gasteiger partial charge in [0, 0.05) is 0 Å². The predicted molar refractivity (Wildman–Crippen MR) is 44.2 cm³/mol. The van der Waals surface area contributed by atoms with Crippen LogP contribution in [0.1, 0.15) is 0 Å². The van der Waals surface area contributed by atoms with E-state index in [0.29, 0.717) is 11.4 Å². The van der Waals surface area contributed by atoms with E-state index in [1.165, 1.54) is 12.5 Å². The molecule has 0 saturated carbocycles. The van der Waals surface area contributed by atoms with E-state index in [1.54, 1.807) is 6.07 Å². The third kappa shape index (κ3) is 1.44. The lowest BCUT2D eigenvalue weighted by atomic mass is 10.3. The van der Waals surface area contributed by atoms with Crippen LogP contribution in [0.3, 0.4) is 0 Å². The Kier molecular flexibility index (Phi) is 1.63. The summed E-state index contributed by atoms with van der Waals surface area (Å²) in [4.78, 5) is 17.1. The Bertz CT molecular complexity index is 458. The molecule has 0 saturated heterocycles. The molecule has 0 fully saturated rings. The monoisotopic (exact) mass is 178 g/mol. The van der Waals surface area contributed by atoms with Gasteiger partial charge >= 0.3 is 0 Å². The third-order valence-electron chi connectivity index (χ3n) is 1.52. The van der Waals surface area contributed by atoms with Crippen molar-refractivity contribution in [2.24, 2.45) is 0 Å². The van der Waals surface area contributed by atoms with E-state index < -0.39 is 5.56 Å². The standard InChI is InChI=1S/C8H6N2O3/c11-6-3-7(12)10-8(9-6)5-1-2-13-4-5/h1-4H,(H2,9,10,11,12). The number of aromatic amines is 1. The highest BCUT2D eigenvalue weighted by Gasteiger charge is 2.03. The molecule has 0 atom stereocenters. The second-order valence-electron chi connectivity index (χ2n) is 2.46. The average molecular weight is 178 g/mol. The molecule has 2 rings (SSSR count). The summed E-state index contributed by atoms with van der Waals surface area (Å²) in [5, 5.41) is 9.03. The third-order valence-corrected chi connectivity index (χ3v) is 1.52. The van der Waals surface area contributed by atoms with Crippen molar-refractivity contribution in [2.75, 3.05) is 0 Å². The van der Waals surface area contributed by atoms with E-state index in [0.717, 1.165) is 6.07 Å². The summed E-state index contributed by atoms with van der Waals surface area (Å²) in [6, 6.07) is 2.64. The van der Waals surface area contributed by atoms with Gasteiger partial charge in [0.1, 0.15) is 12.1 Å². The summed E-state index contributed by atoms with van der Waals surface area (Å²) in [7, 11) is 0. The molecule has 2 N–H and O–H groups in total. The van der Waals surface area contributed by atoms with Gasteiger partial charge in [-0.15, -0.1) is 0 Å². The second-order valence-corrected chi connectivity index (χ2v) is 2.46. The molecule has 13 heavy (non-hydrogen) atoms. The Balaban J connectivity index is 2.59. The molecule has 66 valence electrons. The molecule has 0 aliphatic rings. The highest BCUT2D eigenvalue weighted by molar-refractivity contribution is 5.52. The van der Waals surface area contributed by atoms with Gasteiger partial charge < -0.3 is 14.5 Å². The van der Waals surface area contributed by atoms with Crippen LogP contribution in [0.25, 0.3) is 11.4 Å². The van der Waals surface area contributed by atoms with E-state index in [9.17, 15) is 4.79 Å². The number of nitrogens with zero attached hydrogens (tertiary/aromatic N) is 1. The largest absolute Gasteiger partial charge is 0.493 e. The molecule has 2 aromatic rings. The van der Waals surface area contributed by atoms with Crippen LogP contribution < -0.4 is 5.56 Å². The van der Waals surface area contributed by atoms with Crippen molar-refractivity contribution in [2.45, 2.75) is 0 Å². The summed E-state index contributed by atoms with van der Waals surface area (Å²) in [6.45, 7) is 0. The fourth-order valence-electron chi connectivity index (χ4n) is 0.981. The lowest BCUT2D eigenvalue weighted by Gasteiger charge is -1.95. The van der Waals surface area contributed by atoms with Gasteiger partial charge in [0.25, 0.3) is 5.56 Å². The Morgan fingerprint density at radius 1 is 1.54 bits per heavy atom. The highest BCUT2D eigenvalue weighted by atomic mass is 16.3. The normalized spacial score (nSPS) is 10.2. The van der Waals surface area contributed by atoms with Crippen molar-refractivity contribution in [3.63, 3.8) is 0 Å². The molecule has 0 amide bonds. The first-order valence-corrected chi connectivity index (χ1v) is 3.58. The maximum Gasteiger partial charge on any atom is 0.254 e. The summed E-state index contributed by atoms with van der Waals surface area (Å²) in [5.74, 6) is -0.0151. The van der Waals surface area contributed by atoms with Crippen molar-refractivity contribution >= 4 is 0 Å². The van der Waals surface area contributed by atoms with Gasteiger partial charge in [0.2, 0.25) is 5.88 Å². The molecule has 5 heteroatoms. The van der Waals surface area contributed by atoms with Crippen molar-refractivity contribution in [1.29, 1.82) is 0 Å². The molecule has 0 aromatic carbocycles. The van der Waals surface area contributed by atoms with Crippen molar-refractivity contribution in [3.05, 3.63) is 35.0 Å². The van der Waals surface area contributed by atoms with E-state index in [1.807, 2.05) is 0 Å². The fourth-order valence-corrected chi connectivity index (χ4v) is 0.981. The van der Waals surface area contributed by atoms with Crippen molar-refractivity contribution in [1.82, 2.24) is 9.97 Å². The average Bonchev–Trinajstić information content (AvgIpc) is 2.53. The van der Waals surface area contributed by atoms with Crippen molar-refractivity contribution < 1.29 is 9.52 Å². The minimum absolute atomic E-state index is 0.291. The predicted octanol–water partition coefficient (Wildman–Crippen LogP) is 0.735. The zero-order valence-corrected chi connectivity index (χ0v) is 6.52. The fraction of sp³-hybridized carbons (Fsp3) is 0. The van der Waals surface area contributed by atoms with Crippen LogP contribution in [-0.4, -0.2) is 15.1 Å². The highest BCUT2D eigenvalue weighted by Crippen LogP contribution is 2.14. The molecule has 5 nitrogen and oxygen atoms in total. The number of nitrogens with one attached hydrogen (secondary N) is 1. The maximum absolute atomic E-state index is 10.9. The minimum atomic E-state index is -0.399. The van der Waals surface area contributed by atoms with Crippen LogP contribution in [0, 0.1) is 0 Å². The molecule has 0 aliphatic heterocycles. The Hall–Kier alpha value is -2.04. The number of rotatable bonds is 1. The van der Waals surface area contributed by atoms with Crippen LogP contribution in [0.4, 0.5) is 0 Å². The lowest BCUT2D eigenvalue weighted by molar-refractivity contribution is 0.452. The van der Waals surface area contributed by atoms with Crippen LogP contribution in [0.15, 0.2) is 33.9 Å². The number of aromatic hydroxyl groups is 1. The SMILES string of the molecule is O=c1cc(O)nc(-c2ccoc2)[nH]1. The van der Waals surface area contributed by atoms with E-state index in [4.69, 9.17) is 9.52 Å². The zero-order valence-electron chi connectivity index (χ0n) is 6.52. The van der Waals surface area contributed by atoms with E-state index in [2.05, 4.69) is 9.97 Å². The molecular formula is C8H6N2O3. The first kappa shape index (κ1) is 7.60. The molecule has 0 aliphatic carbocycles. The number of furan rings is 1. The van der Waals surface area contributed by atoms with Crippen LogP contribution in [0.5, 0.6) is 5.88 Å². The van der Waals surface area contributed by atoms with E-state index >= 15 is 0 Å². The molecule has 0 bridgehead atoms. The van der Waals surface area contributed by atoms with Crippen molar-refractivity contribution in [3.8, 4) is 17.3 Å². The van der Waals surface area contributed by atoms with Gasteiger partial charge in [-0.05, 0) is 6.07 Å². The smallest absolute Gasteiger partial charge is 0.254 e. The molecule has 0 radical (unpaired) electrons. The lowest BCUT2D eigenvalue weighted by Crippen LogP contribution is -2.06. The second kappa shape index (κ2) is 2.78. The van der Waals surface area contributed by atoms with Gasteiger partial charge in [-0.25, -0.2) is 0 Å². The first-order valence-electron chi connectivity index (χ1n) is 3.58. The quantitative estimate of drug-likeness (QED) is 0.674. The summed E-state index contributed by atoms with van der Waals surface area (Å²) in [5.41, 5.74) is 0.219. The molecule has 2 aromatic heterocycles. The number of aromatic nitrogens is 2. The molecule has 2 heterocycles. The van der Waals surface area contributed by atoms with Gasteiger partial charge in [-0.1, -0.05) is 0 Å². The van der Waals surface area contributed by atoms with Gasteiger partial charge in [0.15, 0.2) is 0 Å². The Morgan fingerprint density at radius 3 is 3.00 bits per heavy atom. The van der Waals surface area contributed by atoms with Gasteiger partial charge in [-0.3, -0.25) is 4.79 Å². The minimum Gasteiger partial charge on any atom is -0.493 e. The Morgan fingerprint density at radius 2 is 2.38 bits per heavy atom. The number of hydrogen-bond donors (Lipinski definition) is 2. The maximum atomic E-state index is 10.9. The van der Waals surface area contributed by atoms with Gasteiger partial charge in [-0.2, -0.15) is 4.98 Å².